The first-order valence-electron chi connectivity index (χ1n) is 6.83. The predicted molar refractivity (Wildman–Crippen MR) is 80.3 cm³/mol. The van der Waals surface area contributed by atoms with Crippen LogP contribution in [0.15, 0.2) is 18.2 Å². The molecule has 1 aromatic rings. The van der Waals surface area contributed by atoms with Crippen LogP contribution in [-0.2, 0) is 11.3 Å². The van der Waals surface area contributed by atoms with Gasteiger partial charge in [0, 0.05) is 17.1 Å². The van der Waals surface area contributed by atoms with Gasteiger partial charge in [-0.05, 0) is 30.5 Å². The maximum absolute atomic E-state index is 11.2. The van der Waals surface area contributed by atoms with Gasteiger partial charge in [-0.25, -0.2) is 0 Å². The molecule has 0 saturated heterocycles. The van der Waals surface area contributed by atoms with E-state index in [-0.39, 0.29) is 5.92 Å². The third-order valence-corrected chi connectivity index (χ3v) is 3.16. The number of aliphatic carboxylic acids is 1. The van der Waals surface area contributed by atoms with E-state index in [4.69, 9.17) is 21.4 Å². The van der Waals surface area contributed by atoms with E-state index in [0.29, 0.717) is 18.2 Å². The molecule has 112 valence electrons. The summed E-state index contributed by atoms with van der Waals surface area (Å²) in [5.74, 6) is -0.0959. The van der Waals surface area contributed by atoms with Gasteiger partial charge in [0.1, 0.15) is 11.8 Å². The van der Waals surface area contributed by atoms with Crippen LogP contribution in [0.25, 0.3) is 0 Å². The fourth-order valence-corrected chi connectivity index (χ4v) is 2.06. The SMILES string of the molecule is CCCOc1ccc(Cl)cc1CN[C@H](C(=O)O)C(C)C. The quantitative estimate of drug-likeness (QED) is 0.773. The van der Waals surface area contributed by atoms with Gasteiger partial charge in [0.15, 0.2) is 0 Å². The molecule has 1 aromatic carbocycles. The molecule has 2 N–H and O–H groups in total. The summed E-state index contributed by atoms with van der Waals surface area (Å²) in [5, 5.41) is 12.8. The lowest BCUT2D eigenvalue weighted by atomic mass is 10.0. The minimum Gasteiger partial charge on any atom is -0.493 e. The third-order valence-electron chi connectivity index (χ3n) is 2.93. The number of ether oxygens (including phenoxy) is 1. The number of carboxylic acids is 1. The van der Waals surface area contributed by atoms with E-state index < -0.39 is 12.0 Å². The Hall–Kier alpha value is -1.26. The molecule has 5 heteroatoms. The molecular formula is C15H22ClNO3. The van der Waals surface area contributed by atoms with Crippen molar-refractivity contribution in [2.75, 3.05) is 6.61 Å². The molecular weight excluding hydrogens is 278 g/mol. The number of hydrogen-bond donors (Lipinski definition) is 2. The fourth-order valence-electron chi connectivity index (χ4n) is 1.87. The predicted octanol–water partition coefficient (Wildman–Crippen LogP) is 3.33. The normalized spacial score (nSPS) is 12.4. The molecule has 0 aliphatic carbocycles. The molecule has 0 fully saturated rings. The van der Waals surface area contributed by atoms with Gasteiger partial charge in [-0.2, -0.15) is 0 Å². The molecule has 1 rings (SSSR count). The number of carbonyl (C=O) groups is 1. The second-order valence-electron chi connectivity index (χ2n) is 5.04. The summed E-state index contributed by atoms with van der Waals surface area (Å²) in [4.78, 5) is 11.2. The Morgan fingerprint density at radius 1 is 1.45 bits per heavy atom. The number of hydrogen-bond acceptors (Lipinski definition) is 3. The Bertz CT molecular complexity index is 449. The van der Waals surface area contributed by atoms with Crippen LogP contribution in [0.2, 0.25) is 5.02 Å². The summed E-state index contributed by atoms with van der Waals surface area (Å²) in [6, 6.07) is 4.81. The summed E-state index contributed by atoms with van der Waals surface area (Å²) < 4.78 is 5.65. The molecule has 0 heterocycles. The third kappa shape index (κ3) is 5.02. The maximum atomic E-state index is 11.2. The van der Waals surface area contributed by atoms with Crippen molar-refractivity contribution < 1.29 is 14.6 Å². The zero-order valence-electron chi connectivity index (χ0n) is 12.1. The first-order valence-corrected chi connectivity index (χ1v) is 7.21. The van der Waals surface area contributed by atoms with E-state index in [1.54, 1.807) is 12.1 Å². The Morgan fingerprint density at radius 3 is 2.70 bits per heavy atom. The molecule has 0 spiro atoms. The number of nitrogens with one attached hydrogen (secondary N) is 1. The van der Waals surface area contributed by atoms with Crippen molar-refractivity contribution in [3.63, 3.8) is 0 Å². The Morgan fingerprint density at radius 2 is 2.15 bits per heavy atom. The second kappa shape index (κ2) is 8.12. The van der Waals surface area contributed by atoms with Crippen molar-refractivity contribution in [2.45, 2.75) is 39.8 Å². The average molecular weight is 300 g/mol. The smallest absolute Gasteiger partial charge is 0.320 e. The molecule has 0 aromatic heterocycles. The van der Waals surface area contributed by atoms with Gasteiger partial charge in [0.25, 0.3) is 0 Å². The number of carboxylic acid groups (broad SMARTS) is 1. The van der Waals surface area contributed by atoms with Gasteiger partial charge in [0.2, 0.25) is 0 Å². The van der Waals surface area contributed by atoms with Crippen molar-refractivity contribution in [3.8, 4) is 5.75 Å². The van der Waals surface area contributed by atoms with E-state index >= 15 is 0 Å². The van der Waals surface area contributed by atoms with Gasteiger partial charge >= 0.3 is 5.97 Å². The van der Waals surface area contributed by atoms with Gasteiger partial charge in [-0.3, -0.25) is 10.1 Å². The minimum absolute atomic E-state index is 0.00620. The van der Waals surface area contributed by atoms with Gasteiger partial charge in [-0.15, -0.1) is 0 Å². The monoisotopic (exact) mass is 299 g/mol. The molecule has 1 atom stereocenters. The van der Waals surface area contributed by atoms with Crippen LogP contribution >= 0.6 is 11.6 Å². The Balaban J connectivity index is 2.79. The number of rotatable bonds is 8. The molecule has 0 aliphatic rings. The lowest BCUT2D eigenvalue weighted by Gasteiger charge is -2.19. The van der Waals surface area contributed by atoms with E-state index in [1.807, 2.05) is 26.8 Å². The fraction of sp³-hybridized carbons (Fsp3) is 0.533. The minimum atomic E-state index is -0.849. The Labute approximate surface area is 125 Å². The van der Waals surface area contributed by atoms with Crippen LogP contribution in [0.4, 0.5) is 0 Å². The number of benzene rings is 1. The summed E-state index contributed by atoms with van der Waals surface area (Å²) in [6.45, 7) is 6.82. The largest absolute Gasteiger partial charge is 0.493 e. The number of halogens is 1. The van der Waals surface area contributed by atoms with E-state index in [0.717, 1.165) is 17.7 Å². The molecule has 0 amide bonds. The maximum Gasteiger partial charge on any atom is 0.320 e. The van der Waals surface area contributed by atoms with Crippen molar-refractivity contribution >= 4 is 17.6 Å². The zero-order valence-corrected chi connectivity index (χ0v) is 12.9. The molecule has 4 nitrogen and oxygen atoms in total. The molecule has 0 aliphatic heterocycles. The molecule has 0 bridgehead atoms. The van der Waals surface area contributed by atoms with Gasteiger partial charge in [-0.1, -0.05) is 32.4 Å². The summed E-state index contributed by atoms with van der Waals surface area (Å²) in [5.41, 5.74) is 0.873. The highest BCUT2D eigenvalue weighted by Crippen LogP contribution is 2.23. The molecule has 20 heavy (non-hydrogen) atoms. The van der Waals surface area contributed by atoms with Crippen LogP contribution in [0.1, 0.15) is 32.8 Å². The van der Waals surface area contributed by atoms with Crippen molar-refractivity contribution in [3.05, 3.63) is 28.8 Å². The molecule has 0 saturated carbocycles. The highest BCUT2D eigenvalue weighted by atomic mass is 35.5. The summed E-state index contributed by atoms with van der Waals surface area (Å²) in [6.07, 6.45) is 0.916. The lowest BCUT2D eigenvalue weighted by Crippen LogP contribution is -2.40. The summed E-state index contributed by atoms with van der Waals surface area (Å²) >= 11 is 5.99. The standard InChI is InChI=1S/C15H22ClNO3/c1-4-7-20-13-6-5-12(16)8-11(13)9-17-14(10(2)3)15(18)19/h5-6,8,10,14,17H,4,7,9H2,1-3H3,(H,18,19)/t14-/m0/s1. The van der Waals surface area contributed by atoms with E-state index in [2.05, 4.69) is 5.32 Å². The van der Waals surface area contributed by atoms with E-state index in [1.165, 1.54) is 0 Å². The van der Waals surface area contributed by atoms with Crippen molar-refractivity contribution in [1.82, 2.24) is 5.32 Å². The Kier molecular flexibility index (Phi) is 6.82. The highest BCUT2D eigenvalue weighted by Gasteiger charge is 2.21. The van der Waals surface area contributed by atoms with Crippen molar-refractivity contribution in [2.24, 2.45) is 5.92 Å². The average Bonchev–Trinajstić information content (AvgIpc) is 2.37. The van der Waals surface area contributed by atoms with Crippen LogP contribution in [0.5, 0.6) is 5.75 Å². The van der Waals surface area contributed by atoms with Gasteiger partial charge in [0.05, 0.1) is 6.61 Å². The van der Waals surface area contributed by atoms with E-state index in [9.17, 15) is 4.79 Å². The molecule has 0 radical (unpaired) electrons. The first-order chi connectivity index (χ1) is 9.45. The lowest BCUT2D eigenvalue weighted by molar-refractivity contribution is -0.140. The molecule has 0 unspecified atom stereocenters. The van der Waals surface area contributed by atoms with Crippen LogP contribution < -0.4 is 10.1 Å². The zero-order chi connectivity index (χ0) is 15.1. The van der Waals surface area contributed by atoms with Crippen LogP contribution in [0, 0.1) is 5.92 Å². The van der Waals surface area contributed by atoms with Crippen molar-refractivity contribution in [1.29, 1.82) is 0 Å². The second-order valence-corrected chi connectivity index (χ2v) is 5.48. The van der Waals surface area contributed by atoms with Crippen LogP contribution in [-0.4, -0.2) is 23.7 Å². The summed E-state index contributed by atoms with van der Waals surface area (Å²) in [7, 11) is 0. The first kappa shape index (κ1) is 16.8. The van der Waals surface area contributed by atoms with Crippen LogP contribution in [0.3, 0.4) is 0 Å². The highest BCUT2D eigenvalue weighted by molar-refractivity contribution is 6.30. The topological polar surface area (TPSA) is 58.6 Å². The van der Waals surface area contributed by atoms with Gasteiger partial charge < -0.3 is 9.84 Å².